The number of rotatable bonds is 7. The maximum Gasteiger partial charge on any atom is 0.282 e. The summed E-state index contributed by atoms with van der Waals surface area (Å²) in [6, 6.07) is 14.8. The Hall–Kier alpha value is -2.38. The van der Waals surface area contributed by atoms with Crippen molar-refractivity contribution < 1.29 is 9.72 Å². The molecule has 1 fully saturated rings. The van der Waals surface area contributed by atoms with Gasteiger partial charge in [-0.1, -0.05) is 30.3 Å². The largest absolute Gasteiger partial charge is 0.350 e. The van der Waals surface area contributed by atoms with Gasteiger partial charge in [0.15, 0.2) is 0 Å². The smallest absolute Gasteiger partial charge is 0.282 e. The number of nitro benzene ring substituents is 1. The molecular weight excluding hydrogens is 362 g/mol. The van der Waals surface area contributed by atoms with Gasteiger partial charge in [-0.2, -0.15) is 0 Å². The molecule has 1 aliphatic rings. The third kappa shape index (κ3) is 4.67. The molecule has 1 amide bonds. The number of hydrogen-bond donors (Lipinski definition) is 1. The van der Waals surface area contributed by atoms with Crippen LogP contribution in [0.2, 0.25) is 0 Å². The second-order valence-electron chi connectivity index (χ2n) is 6.52. The van der Waals surface area contributed by atoms with Crippen LogP contribution in [0.4, 0.5) is 5.69 Å². The highest BCUT2D eigenvalue weighted by atomic mass is 32.2. The van der Waals surface area contributed by atoms with E-state index >= 15 is 0 Å². The van der Waals surface area contributed by atoms with Crippen molar-refractivity contribution in [3.63, 3.8) is 0 Å². The van der Waals surface area contributed by atoms with Gasteiger partial charge in [0.05, 0.1) is 11.0 Å². The molecule has 0 spiro atoms. The van der Waals surface area contributed by atoms with Crippen molar-refractivity contribution >= 4 is 23.4 Å². The van der Waals surface area contributed by atoms with Gasteiger partial charge in [0.2, 0.25) is 0 Å². The zero-order valence-corrected chi connectivity index (χ0v) is 16.1. The van der Waals surface area contributed by atoms with Crippen LogP contribution in [0.3, 0.4) is 0 Å². The molecule has 0 bridgehead atoms. The first kappa shape index (κ1) is 19.4. The summed E-state index contributed by atoms with van der Waals surface area (Å²) in [5, 5.41) is 14.2. The molecule has 27 heavy (non-hydrogen) atoms. The predicted octanol–water partition coefficient (Wildman–Crippen LogP) is 3.88. The summed E-state index contributed by atoms with van der Waals surface area (Å²) in [5.41, 5.74) is 1.09. The fourth-order valence-corrected chi connectivity index (χ4v) is 3.89. The summed E-state index contributed by atoms with van der Waals surface area (Å²) in [6.45, 7) is 2.42. The third-order valence-corrected chi connectivity index (χ3v) is 5.59. The number of benzene rings is 2. The first-order valence-electron chi connectivity index (χ1n) is 9.00. The second-order valence-corrected chi connectivity index (χ2v) is 7.40. The molecule has 1 N–H and O–H groups in total. The lowest BCUT2D eigenvalue weighted by atomic mass is 10.1. The number of likely N-dealkylation sites (tertiary alicyclic amines) is 1. The van der Waals surface area contributed by atoms with Gasteiger partial charge in [-0.05, 0) is 49.9 Å². The first-order valence-corrected chi connectivity index (χ1v) is 10.2. The molecule has 0 aromatic heterocycles. The van der Waals surface area contributed by atoms with Gasteiger partial charge in [-0.3, -0.25) is 19.8 Å². The van der Waals surface area contributed by atoms with E-state index in [0.717, 1.165) is 36.4 Å². The number of carbonyl (C=O) groups excluding carboxylic acids is 1. The first-order chi connectivity index (χ1) is 13.1. The Kier molecular flexibility index (Phi) is 6.47. The zero-order valence-electron chi connectivity index (χ0n) is 15.3. The Labute approximate surface area is 163 Å². The van der Waals surface area contributed by atoms with Crippen LogP contribution in [0.15, 0.2) is 53.4 Å². The van der Waals surface area contributed by atoms with Gasteiger partial charge in [-0.15, -0.1) is 11.8 Å². The molecule has 1 unspecified atom stereocenters. The van der Waals surface area contributed by atoms with Crippen molar-refractivity contribution in [1.82, 2.24) is 10.2 Å². The van der Waals surface area contributed by atoms with Crippen LogP contribution in [0.1, 0.15) is 34.8 Å². The lowest BCUT2D eigenvalue weighted by molar-refractivity contribution is -0.385. The molecule has 1 heterocycles. The van der Waals surface area contributed by atoms with E-state index in [2.05, 4.69) is 22.3 Å². The molecule has 2 aromatic rings. The van der Waals surface area contributed by atoms with Crippen molar-refractivity contribution in [2.45, 2.75) is 23.8 Å². The molecule has 1 saturated heterocycles. The van der Waals surface area contributed by atoms with Gasteiger partial charge in [0.1, 0.15) is 5.56 Å². The SMILES string of the molecule is CSc1ccc([N+](=O)[O-])c(C(=O)NCC(c2ccccc2)N2CCCC2)c1. The fraction of sp³-hybridized carbons (Fsp3) is 0.350. The monoisotopic (exact) mass is 385 g/mol. The molecule has 1 aliphatic heterocycles. The van der Waals surface area contributed by atoms with E-state index in [1.165, 1.54) is 17.8 Å². The Balaban J connectivity index is 1.79. The molecular formula is C20H23N3O3S. The second kappa shape index (κ2) is 9.01. The van der Waals surface area contributed by atoms with Crippen molar-refractivity contribution in [2.75, 3.05) is 25.9 Å². The summed E-state index contributed by atoms with van der Waals surface area (Å²) < 4.78 is 0. The number of nitro groups is 1. The van der Waals surface area contributed by atoms with E-state index in [0.29, 0.717) is 6.54 Å². The highest BCUT2D eigenvalue weighted by Gasteiger charge is 2.26. The molecule has 0 radical (unpaired) electrons. The highest BCUT2D eigenvalue weighted by molar-refractivity contribution is 7.98. The van der Waals surface area contributed by atoms with Crippen molar-refractivity contribution in [3.05, 3.63) is 69.8 Å². The van der Waals surface area contributed by atoms with E-state index in [4.69, 9.17) is 0 Å². The van der Waals surface area contributed by atoms with E-state index < -0.39 is 10.8 Å². The summed E-state index contributed by atoms with van der Waals surface area (Å²) in [7, 11) is 0. The molecule has 7 heteroatoms. The molecule has 6 nitrogen and oxygen atoms in total. The van der Waals surface area contributed by atoms with Gasteiger partial charge < -0.3 is 5.32 Å². The van der Waals surface area contributed by atoms with Crippen molar-refractivity contribution in [3.8, 4) is 0 Å². The molecule has 0 aliphatic carbocycles. The Morgan fingerprint density at radius 1 is 1.22 bits per heavy atom. The topological polar surface area (TPSA) is 75.5 Å². The predicted molar refractivity (Wildman–Crippen MR) is 107 cm³/mol. The average Bonchev–Trinajstić information content (AvgIpc) is 3.22. The van der Waals surface area contributed by atoms with Crippen molar-refractivity contribution in [1.29, 1.82) is 0 Å². The lowest BCUT2D eigenvalue weighted by Gasteiger charge is -2.28. The van der Waals surface area contributed by atoms with Crippen LogP contribution >= 0.6 is 11.8 Å². The van der Waals surface area contributed by atoms with Crippen LogP contribution in [0.25, 0.3) is 0 Å². The highest BCUT2D eigenvalue weighted by Crippen LogP contribution is 2.27. The summed E-state index contributed by atoms with van der Waals surface area (Å²) in [6.07, 6.45) is 4.18. The van der Waals surface area contributed by atoms with Gasteiger partial charge in [0.25, 0.3) is 11.6 Å². The maximum absolute atomic E-state index is 12.7. The minimum atomic E-state index is -0.506. The quantitative estimate of drug-likeness (QED) is 0.445. The minimum absolute atomic E-state index is 0.0699. The maximum atomic E-state index is 12.7. The average molecular weight is 385 g/mol. The van der Waals surface area contributed by atoms with Crippen LogP contribution < -0.4 is 5.32 Å². The van der Waals surface area contributed by atoms with Gasteiger partial charge in [0, 0.05) is 17.5 Å². The fourth-order valence-electron chi connectivity index (χ4n) is 3.45. The number of nitrogens with one attached hydrogen (secondary N) is 1. The number of nitrogens with zero attached hydrogens (tertiary/aromatic N) is 2. The standard InChI is InChI=1S/C20H23N3O3S/c1-27-16-9-10-18(23(25)26)17(13-16)20(24)21-14-19(22-11-5-6-12-22)15-7-3-2-4-8-15/h2-4,7-10,13,19H,5-6,11-12,14H2,1H3,(H,21,24). The minimum Gasteiger partial charge on any atom is -0.350 e. The van der Waals surface area contributed by atoms with Crippen molar-refractivity contribution in [2.24, 2.45) is 0 Å². The molecule has 142 valence electrons. The molecule has 0 saturated carbocycles. The third-order valence-electron chi connectivity index (χ3n) is 4.87. The Morgan fingerprint density at radius 2 is 1.93 bits per heavy atom. The normalized spacial score (nSPS) is 15.4. The Morgan fingerprint density at radius 3 is 2.56 bits per heavy atom. The molecule has 1 atom stereocenters. The Bertz CT molecular complexity index is 807. The van der Waals surface area contributed by atoms with Gasteiger partial charge in [-0.25, -0.2) is 0 Å². The van der Waals surface area contributed by atoms with Crippen LogP contribution in [0, 0.1) is 10.1 Å². The summed E-state index contributed by atoms with van der Waals surface area (Å²) >= 11 is 1.45. The van der Waals surface area contributed by atoms with Gasteiger partial charge >= 0.3 is 0 Å². The van der Waals surface area contributed by atoms with Crippen LogP contribution in [-0.2, 0) is 0 Å². The van der Waals surface area contributed by atoms with Crippen LogP contribution in [0.5, 0.6) is 0 Å². The van der Waals surface area contributed by atoms with E-state index in [-0.39, 0.29) is 17.3 Å². The van der Waals surface area contributed by atoms with E-state index in [9.17, 15) is 14.9 Å². The van der Waals surface area contributed by atoms with E-state index in [1.54, 1.807) is 12.1 Å². The number of hydrogen-bond acceptors (Lipinski definition) is 5. The summed E-state index contributed by atoms with van der Waals surface area (Å²) in [4.78, 5) is 26.7. The number of amides is 1. The van der Waals surface area contributed by atoms with Crippen LogP contribution in [-0.4, -0.2) is 41.6 Å². The molecule has 3 rings (SSSR count). The zero-order chi connectivity index (χ0) is 19.2. The summed E-state index contributed by atoms with van der Waals surface area (Å²) in [5.74, 6) is -0.405. The number of thioether (sulfide) groups is 1. The number of carbonyl (C=O) groups is 1. The molecule has 2 aromatic carbocycles. The van der Waals surface area contributed by atoms with E-state index in [1.807, 2.05) is 24.5 Å². The lowest BCUT2D eigenvalue weighted by Crippen LogP contribution is -2.37.